The standard InChI is InChI=1S/C11H9BrF3N3O2/c12-7-3-6(1-2-8(7)16)10-17-9(18-20-10)4-19-5-11(13,14)15/h1-3H,4-5,16H2. The number of nitrogens with two attached hydrogens (primary N) is 1. The lowest BCUT2D eigenvalue weighted by atomic mass is 10.2. The zero-order valence-corrected chi connectivity index (χ0v) is 11.5. The van der Waals surface area contributed by atoms with Crippen molar-refractivity contribution in [3.8, 4) is 11.5 Å². The van der Waals surface area contributed by atoms with Crippen LogP contribution in [-0.4, -0.2) is 22.9 Å². The quantitative estimate of drug-likeness (QED) is 0.856. The average molecular weight is 352 g/mol. The Morgan fingerprint density at radius 1 is 1.35 bits per heavy atom. The molecule has 1 aromatic heterocycles. The van der Waals surface area contributed by atoms with Crippen molar-refractivity contribution in [3.05, 3.63) is 28.5 Å². The summed E-state index contributed by atoms with van der Waals surface area (Å²) in [6.07, 6.45) is -4.38. The molecule has 2 N–H and O–H groups in total. The van der Waals surface area contributed by atoms with Crippen LogP contribution in [0.1, 0.15) is 5.82 Å². The zero-order valence-electron chi connectivity index (χ0n) is 9.95. The summed E-state index contributed by atoms with van der Waals surface area (Å²) in [7, 11) is 0. The molecule has 0 aliphatic heterocycles. The maximum atomic E-state index is 11.9. The van der Waals surface area contributed by atoms with E-state index in [9.17, 15) is 13.2 Å². The van der Waals surface area contributed by atoms with Gasteiger partial charge in [-0.15, -0.1) is 0 Å². The molecule has 2 aromatic rings. The molecule has 0 fully saturated rings. The van der Waals surface area contributed by atoms with E-state index in [0.29, 0.717) is 15.7 Å². The SMILES string of the molecule is Nc1ccc(-c2nc(COCC(F)(F)F)no2)cc1Br. The molecule has 0 atom stereocenters. The highest BCUT2D eigenvalue weighted by molar-refractivity contribution is 9.10. The van der Waals surface area contributed by atoms with Crippen LogP contribution in [0.2, 0.25) is 0 Å². The van der Waals surface area contributed by atoms with Crippen LogP contribution in [0.5, 0.6) is 0 Å². The van der Waals surface area contributed by atoms with E-state index in [1.807, 2.05) is 0 Å². The highest BCUT2D eigenvalue weighted by atomic mass is 79.9. The summed E-state index contributed by atoms with van der Waals surface area (Å²) in [6, 6.07) is 4.97. The summed E-state index contributed by atoms with van der Waals surface area (Å²) in [4.78, 5) is 3.94. The fraction of sp³-hybridized carbons (Fsp3) is 0.273. The maximum Gasteiger partial charge on any atom is 0.411 e. The third kappa shape index (κ3) is 3.94. The van der Waals surface area contributed by atoms with E-state index >= 15 is 0 Å². The van der Waals surface area contributed by atoms with Gasteiger partial charge in [0.2, 0.25) is 0 Å². The molecular formula is C11H9BrF3N3O2. The number of hydrogen-bond donors (Lipinski definition) is 1. The highest BCUT2D eigenvalue weighted by Gasteiger charge is 2.27. The molecule has 0 bridgehead atoms. The molecular weight excluding hydrogens is 343 g/mol. The Bertz CT molecular complexity index is 601. The molecule has 0 spiro atoms. The first kappa shape index (κ1) is 14.8. The van der Waals surface area contributed by atoms with Gasteiger partial charge in [-0.3, -0.25) is 0 Å². The first-order chi connectivity index (χ1) is 9.35. The molecule has 0 aliphatic rings. The average Bonchev–Trinajstić information content (AvgIpc) is 2.80. The predicted octanol–water partition coefficient (Wildman–Crippen LogP) is 3.16. The third-order valence-corrected chi connectivity index (χ3v) is 2.90. The molecule has 0 unspecified atom stereocenters. The van der Waals surface area contributed by atoms with Gasteiger partial charge in [0.25, 0.3) is 5.89 Å². The van der Waals surface area contributed by atoms with Gasteiger partial charge in [0, 0.05) is 15.7 Å². The second-order valence-electron chi connectivity index (χ2n) is 3.86. The van der Waals surface area contributed by atoms with E-state index in [1.165, 1.54) is 0 Å². The summed E-state index contributed by atoms with van der Waals surface area (Å²) in [5.74, 6) is 0.216. The number of aromatic nitrogens is 2. The Balaban J connectivity index is 2.03. The second kappa shape index (κ2) is 5.80. The first-order valence-corrected chi connectivity index (χ1v) is 6.17. The van der Waals surface area contributed by atoms with Gasteiger partial charge in [0.05, 0.1) is 0 Å². The molecule has 5 nitrogen and oxygen atoms in total. The summed E-state index contributed by atoms with van der Waals surface area (Å²) in [5, 5.41) is 3.54. The van der Waals surface area contributed by atoms with E-state index in [0.717, 1.165) is 0 Å². The molecule has 0 saturated carbocycles. The molecule has 0 aliphatic carbocycles. The Morgan fingerprint density at radius 2 is 2.10 bits per heavy atom. The van der Waals surface area contributed by atoms with Crippen molar-refractivity contribution in [1.82, 2.24) is 10.1 Å². The minimum absolute atomic E-state index is 0.0391. The maximum absolute atomic E-state index is 11.9. The topological polar surface area (TPSA) is 74.2 Å². The fourth-order valence-electron chi connectivity index (χ4n) is 1.35. The number of anilines is 1. The zero-order chi connectivity index (χ0) is 14.8. The van der Waals surface area contributed by atoms with Gasteiger partial charge >= 0.3 is 6.18 Å². The summed E-state index contributed by atoms with van der Waals surface area (Å²) < 4.78 is 45.8. The van der Waals surface area contributed by atoms with Crippen molar-refractivity contribution in [3.63, 3.8) is 0 Å². The van der Waals surface area contributed by atoms with Gasteiger partial charge in [-0.25, -0.2) is 0 Å². The molecule has 0 amide bonds. The number of benzene rings is 1. The Labute approximate surface area is 120 Å². The number of rotatable bonds is 4. The van der Waals surface area contributed by atoms with Crippen molar-refractivity contribution >= 4 is 21.6 Å². The number of nitrogens with zero attached hydrogens (tertiary/aromatic N) is 2. The van der Waals surface area contributed by atoms with Crippen molar-refractivity contribution in [1.29, 1.82) is 0 Å². The number of nitrogen functional groups attached to an aromatic ring is 1. The monoisotopic (exact) mass is 351 g/mol. The van der Waals surface area contributed by atoms with Gasteiger partial charge in [-0.1, -0.05) is 5.16 Å². The molecule has 2 rings (SSSR count). The second-order valence-corrected chi connectivity index (χ2v) is 4.71. The predicted molar refractivity (Wildman–Crippen MR) is 67.6 cm³/mol. The minimum Gasteiger partial charge on any atom is -0.398 e. The lowest BCUT2D eigenvalue weighted by Crippen LogP contribution is -2.16. The van der Waals surface area contributed by atoms with Crippen LogP contribution in [-0.2, 0) is 11.3 Å². The lowest BCUT2D eigenvalue weighted by Gasteiger charge is -2.04. The van der Waals surface area contributed by atoms with Crippen LogP contribution < -0.4 is 5.73 Å². The van der Waals surface area contributed by atoms with Crippen molar-refractivity contribution in [2.24, 2.45) is 0 Å². The van der Waals surface area contributed by atoms with Gasteiger partial charge in [-0.05, 0) is 34.1 Å². The number of hydrogen-bond acceptors (Lipinski definition) is 5. The lowest BCUT2D eigenvalue weighted by molar-refractivity contribution is -0.177. The van der Waals surface area contributed by atoms with Crippen LogP contribution in [0.3, 0.4) is 0 Å². The van der Waals surface area contributed by atoms with Crippen LogP contribution in [0.25, 0.3) is 11.5 Å². The molecule has 1 heterocycles. The molecule has 0 saturated heterocycles. The van der Waals surface area contributed by atoms with Gasteiger partial charge < -0.3 is 15.0 Å². The largest absolute Gasteiger partial charge is 0.411 e. The molecule has 20 heavy (non-hydrogen) atoms. The Kier molecular flexibility index (Phi) is 4.29. The van der Waals surface area contributed by atoms with Gasteiger partial charge in [0.1, 0.15) is 13.2 Å². The highest BCUT2D eigenvalue weighted by Crippen LogP contribution is 2.26. The first-order valence-electron chi connectivity index (χ1n) is 5.37. The normalized spacial score (nSPS) is 11.8. The van der Waals surface area contributed by atoms with E-state index in [2.05, 4.69) is 30.8 Å². The molecule has 0 radical (unpaired) electrons. The van der Waals surface area contributed by atoms with Gasteiger partial charge in [0.15, 0.2) is 5.82 Å². The Hall–Kier alpha value is -1.61. The van der Waals surface area contributed by atoms with Crippen LogP contribution >= 0.6 is 15.9 Å². The molecule has 1 aromatic carbocycles. The van der Waals surface area contributed by atoms with Crippen LogP contribution in [0.4, 0.5) is 18.9 Å². The van der Waals surface area contributed by atoms with Crippen molar-refractivity contribution < 1.29 is 22.4 Å². The van der Waals surface area contributed by atoms with Gasteiger partial charge in [-0.2, -0.15) is 18.2 Å². The number of halogens is 4. The van der Waals surface area contributed by atoms with E-state index in [-0.39, 0.29) is 18.3 Å². The van der Waals surface area contributed by atoms with Crippen molar-refractivity contribution in [2.45, 2.75) is 12.8 Å². The van der Waals surface area contributed by atoms with Crippen LogP contribution in [0, 0.1) is 0 Å². The summed E-state index contributed by atoms with van der Waals surface area (Å²) >= 11 is 3.25. The van der Waals surface area contributed by atoms with E-state index < -0.39 is 12.8 Å². The third-order valence-electron chi connectivity index (χ3n) is 2.21. The molecule has 108 valence electrons. The van der Waals surface area contributed by atoms with E-state index in [4.69, 9.17) is 10.3 Å². The Morgan fingerprint density at radius 3 is 2.75 bits per heavy atom. The van der Waals surface area contributed by atoms with Crippen molar-refractivity contribution in [2.75, 3.05) is 12.3 Å². The number of ether oxygens (including phenoxy) is 1. The van der Waals surface area contributed by atoms with E-state index in [1.54, 1.807) is 18.2 Å². The summed E-state index contributed by atoms with van der Waals surface area (Å²) in [6.45, 7) is -1.73. The summed E-state index contributed by atoms with van der Waals surface area (Å²) in [5.41, 5.74) is 6.78. The smallest absolute Gasteiger partial charge is 0.398 e. The fourth-order valence-corrected chi connectivity index (χ4v) is 1.73. The molecule has 9 heteroatoms. The van der Waals surface area contributed by atoms with Crippen LogP contribution in [0.15, 0.2) is 27.2 Å². The number of alkyl halides is 3. The minimum atomic E-state index is -4.38.